The second-order valence-corrected chi connectivity index (χ2v) is 21.2. The molecule has 1 fully saturated rings. The zero-order valence-electron chi connectivity index (χ0n) is 47.0. The maximum Gasteiger partial charge on any atom is 0.280 e. The topological polar surface area (TPSA) is 166 Å². The van der Waals surface area contributed by atoms with Gasteiger partial charge in [-0.15, -0.1) is 0 Å². The van der Waals surface area contributed by atoms with Gasteiger partial charge in [-0.3, -0.25) is 29.1 Å². The first-order valence-corrected chi connectivity index (χ1v) is 28.6. The number of rotatable bonds is 30. The average Bonchev–Trinajstić information content (AvgIpc) is 4.08. The maximum atomic E-state index is 12.7. The summed E-state index contributed by atoms with van der Waals surface area (Å²) in [6.07, 6.45) is 23.1. The van der Waals surface area contributed by atoms with Crippen LogP contribution in [0.25, 0.3) is 11.2 Å². The minimum absolute atomic E-state index is 0.0717. The van der Waals surface area contributed by atoms with Crippen molar-refractivity contribution < 1.29 is 28.3 Å². The smallest absolute Gasteiger partial charge is 0.280 e. The van der Waals surface area contributed by atoms with E-state index < -0.39 is 17.4 Å². The van der Waals surface area contributed by atoms with E-state index in [4.69, 9.17) is 28.7 Å². The van der Waals surface area contributed by atoms with Gasteiger partial charge in [-0.2, -0.15) is 10.2 Å². The molecule has 75 heavy (non-hydrogen) atoms. The molecule has 1 amide bonds. The van der Waals surface area contributed by atoms with Gasteiger partial charge in [0.15, 0.2) is 11.2 Å². The van der Waals surface area contributed by atoms with Gasteiger partial charge in [-0.25, -0.2) is 4.98 Å². The molecule has 0 aliphatic carbocycles. The summed E-state index contributed by atoms with van der Waals surface area (Å²) in [5, 5.41) is 11.0. The fourth-order valence-electron chi connectivity index (χ4n) is 9.06. The Hall–Kier alpha value is -5.16. The van der Waals surface area contributed by atoms with Crippen LogP contribution in [0.2, 0.25) is 0 Å². The van der Waals surface area contributed by atoms with Crippen LogP contribution in [0.3, 0.4) is 0 Å². The molecule has 0 saturated carbocycles. The molecule has 3 aromatic carbocycles. The lowest BCUT2D eigenvalue weighted by Gasteiger charge is -2.37. The van der Waals surface area contributed by atoms with E-state index in [0.29, 0.717) is 52.6 Å². The molecule has 1 aliphatic rings. The fraction of sp³-hybridized carbons (Fsp3) is 0.583. The summed E-state index contributed by atoms with van der Waals surface area (Å²) in [5.41, 5.74) is 1.92. The number of methoxy groups -OCH3 is 2. The first-order chi connectivity index (χ1) is 36.3. The van der Waals surface area contributed by atoms with Crippen molar-refractivity contribution in [3.8, 4) is 17.6 Å². The van der Waals surface area contributed by atoms with E-state index in [1.807, 2.05) is 66.7 Å². The van der Waals surface area contributed by atoms with Crippen LogP contribution in [-0.4, -0.2) is 75.7 Å². The van der Waals surface area contributed by atoms with Gasteiger partial charge in [0, 0.05) is 18.0 Å². The predicted molar refractivity (Wildman–Crippen MR) is 306 cm³/mol. The molecule has 0 bridgehead atoms. The Bertz CT molecular complexity index is 2370. The summed E-state index contributed by atoms with van der Waals surface area (Å²) in [6.45, 7) is 17.5. The number of amides is 1. The number of unbranched alkanes of at least 4 members (excludes halogenated alkanes) is 13. The van der Waals surface area contributed by atoms with E-state index in [0.717, 1.165) is 28.2 Å². The molecule has 0 spiro atoms. The van der Waals surface area contributed by atoms with Crippen LogP contribution in [-0.2, 0) is 24.4 Å². The molecule has 5 aromatic rings. The van der Waals surface area contributed by atoms with Gasteiger partial charge in [0.2, 0.25) is 11.9 Å². The average molecular weight is 1050 g/mol. The van der Waals surface area contributed by atoms with Gasteiger partial charge < -0.3 is 23.5 Å². The minimum atomic E-state index is -0.971. The summed E-state index contributed by atoms with van der Waals surface area (Å²) in [5.74, 6) is 1.04. The number of hydrogen-bond acceptors (Lipinski definition) is 11. The lowest BCUT2D eigenvalue weighted by molar-refractivity contribution is -0.118. The summed E-state index contributed by atoms with van der Waals surface area (Å²) in [4.78, 5) is 36.4. The molecule has 412 valence electrons. The molecule has 3 heterocycles. The lowest BCUT2D eigenvalue weighted by Crippen LogP contribution is -2.35. The number of nitriles is 1. The molecule has 15 heteroatoms. The van der Waals surface area contributed by atoms with Crippen molar-refractivity contribution in [3.05, 3.63) is 112 Å². The molecule has 1 aliphatic heterocycles. The largest absolute Gasteiger partial charge is 0.497 e. The lowest BCUT2D eigenvalue weighted by atomic mass is 9.80. The number of anilines is 1. The molecular formula is C60H90N7O7P. The number of nitrogens with zero attached hydrogens (tertiary/aromatic N) is 5. The summed E-state index contributed by atoms with van der Waals surface area (Å²) in [7, 11) is 3.66. The summed E-state index contributed by atoms with van der Waals surface area (Å²) >= 11 is 0. The standard InChI is InChI=1S/C35H37N5O6.C16H34.C9H19N2OP/c1-22(2)32(41)38-34-37-31-30(33(42)39-34)36-21-40(31)29-19-18-28(46-29)20-45-35(23-8-6-5-7-9-23,24-10-14-26(43-3)15-11-24)25-12-16-27(44-4)17-13-25;1-3-5-7-9-11-13-15-16-14-12-10-8-6-4-2;1-8(2)11(9(3)4)13-12-7-5-6-10/h5-17,21-22,28-29H,18-20H2,1-4H3,(H2,37,38,39,41,42);3-16H2,1-2H3;8-9,13H,5,7H2,1-4H3. The van der Waals surface area contributed by atoms with E-state index in [9.17, 15) is 9.59 Å². The molecule has 1 saturated heterocycles. The van der Waals surface area contributed by atoms with Crippen LogP contribution in [0.1, 0.15) is 187 Å². The van der Waals surface area contributed by atoms with Crippen LogP contribution in [0.4, 0.5) is 5.95 Å². The Balaban J connectivity index is 0.000000344. The molecule has 2 aromatic heterocycles. The molecule has 3 unspecified atom stereocenters. The number of benzene rings is 3. The maximum absolute atomic E-state index is 12.7. The van der Waals surface area contributed by atoms with Crippen molar-refractivity contribution in [2.24, 2.45) is 5.92 Å². The second kappa shape index (κ2) is 34.5. The van der Waals surface area contributed by atoms with Gasteiger partial charge >= 0.3 is 0 Å². The highest BCUT2D eigenvalue weighted by molar-refractivity contribution is 7.29. The third-order valence-corrected chi connectivity index (χ3v) is 14.9. The number of imidazole rings is 1. The van der Waals surface area contributed by atoms with Gasteiger partial charge in [0.25, 0.3) is 5.56 Å². The van der Waals surface area contributed by atoms with Gasteiger partial charge in [-0.05, 0) is 81.5 Å². The Kier molecular flexibility index (Phi) is 28.7. The van der Waals surface area contributed by atoms with Crippen LogP contribution in [0.5, 0.6) is 11.5 Å². The van der Waals surface area contributed by atoms with Crippen molar-refractivity contribution in [2.45, 2.75) is 195 Å². The van der Waals surface area contributed by atoms with Crippen LogP contribution in [0.15, 0.2) is 90.0 Å². The monoisotopic (exact) mass is 1050 g/mol. The van der Waals surface area contributed by atoms with Crippen molar-refractivity contribution in [1.82, 2.24) is 24.2 Å². The highest BCUT2D eigenvalue weighted by Gasteiger charge is 2.40. The molecule has 6 rings (SSSR count). The molecule has 3 atom stereocenters. The Morgan fingerprint density at radius 3 is 1.76 bits per heavy atom. The van der Waals surface area contributed by atoms with Crippen LogP contribution < -0.4 is 20.3 Å². The van der Waals surface area contributed by atoms with Gasteiger partial charge in [0.1, 0.15) is 23.3 Å². The van der Waals surface area contributed by atoms with E-state index in [-0.39, 0.29) is 36.0 Å². The number of carbonyl (C=O) groups is 1. The molecule has 14 nitrogen and oxygen atoms in total. The first kappa shape index (κ1) is 62.4. The van der Waals surface area contributed by atoms with Gasteiger partial charge in [-0.1, -0.05) is 172 Å². The first-order valence-electron chi connectivity index (χ1n) is 27.8. The highest BCUT2D eigenvalue weighted by atomic mass is 31.1. The normalized spacial score (nSPS) is 14.6. The number of ether oxygens (including phenoxy) is 4. The van der Waals surface area contributed by atoms with Crippen LogP contribution in [0, 0.1) is 17.2 Å². The minimum Gasteiger partial charge on any atom is -0.497 e. The molecule has 2 N–H and O–H groups in total. The number of H-pyrrole nitrogens is 1. The Morgan fingerprint density at radius 1 is 0.787 bits per heavy atom. The number of fused-ring (bicyclic) bond motifs is 1. The van der Waals surface area contributed by atoms with Crippen molar-refractivity contribution in [2.75, 3.05) is 32.8 Å². The number of hydrogen-bond donors (Lipinski definition) is 2. The van der Waals surface area contributed by atoms with E-state index in [2.05, 4.69) is 84.7 Å². The van der Waals surface area contributed by atoms with Crippen molar-refractivity contribution in [1.29, 1.82) is 5.26 Å². The Morgan fingerprint density at radius 2 is 1.29 bits per heavy atom. The summed E-state index contributed by atoms with van der Waals surface area (Å²) < 4.78 is 33.9. The SMILES string of the molecule is CC(C)N(POCCC#N)C(C)C.CCCCCCCCCCCCCCCC.COc1ccc(C(OCC2CCC(n3cnc4c(=O)[nH]c(NC(=O)C(C)C)nc43)O2)(c2ccccc2)c2ccc(OC)cc2)cc1. The van der Waals surface area contributed by atoms with E-state index in [1.54, 1.807) is 39.0 Å². The highest BCUT2D eigenvalue weighted by Crippen LogP contribution is 2.43. The van der Waals surface area contributed by atoms with E-state index >= 15 is 0 Å². The number of aromatic amines is 1. The third-order valence-electron chi connectivity index (χ3n) is 13.3. The number of nitrogens with one attached hydrogen (secondary N) is 2. The number of carbonyl (C=O) groups excluding carboxylic acids is 1. The quantitative estimate of drug-likeness (QED) is 0.0255. The van der Waals surface area contributed by atoms with Crippen molar-refractivity contribution in [3.63, 3.8) is 0 Å². The van der Waals surface area contributed by atoms with Gasteiger partial charge in [0.05, 0.1) is 61.3 Å². The zero-order valence-corrected chi connectivity index (χ0v) is 48.0. The molecular weight excluding hydrogens is 962 g/mol. The third kappa shape index (κ3) is 20.1. The molecule has 0 radical (unpaired) electrons. The Labute approximate surface area is 451 Å². The zero-order chi connectivity index (χ0) is 54.4. The number of aromatic nitrogens is 4. The second-order valence-electron chi connectivity index (χ2n) is 20.2. The predicted octanol–water partition coefficient (Wildman–Crippen LogP) is 14.4. The van der Waals surface area contributed by atoms with Crippen molar-refractivity contribution >= 4 is 32.0 Å². The van der Waals surface area contributed by atoms with E-state index in [1.165, 1.54) is 89.9 Å². The van der Waals surface area contributed by atoms with Crippen LogP contribution >= 0.6 is 8.96 Å². The fourth-order valence-corrected chi connectivity index (χ4v) is 9.82. The summed E-state index contributed by atoms with van der Waals surface area (Å²) in [6, 6.07) is 29.0.